The minimum absolute atomic E-state index is 0.0834. The summed E-state index contributed by atoms with van der Waals surface area (Å²) >= 11 is 7.92. The van der Waals surface area contributed by atoms with E-state index in [1.807, 2.05) is 0 Å². The van der Waals surface area contributed by atoms with Crippen molar-refractivity contribution in [2.45, 2.75) is 16.4 Å². The van der Waals surface area contributed by atoms with Crippen molar-refractivity contribution >= 4 is 56.8 Å². The van der Waals surface area contributed by atoms with Crippen LogP contribution in [0.3, 0.4) is 0 Å². The fraction of sp³-hybridized carbons (Fsp3) is 0.231. The predicted molar refractivity (Wildman–Crippen MR) is 85.7 cm³/mol. The number of nitrogens with two attached hydrogens (primary N) is 1. The van der Waals surface area contributed by atoms with Crippen molar-refractivity contribution in [1.82, 2.24) is 4.57 Å². The number of hydrogen-bond acceptors (Lipinski definition) is 3. The van der Waals surface area contributed by atoms with E-state index in [1.54, 1.807) is 0 Å². The molecule has 1 aromatic heterocycles. The van der Waals surface area contributed by atoms with Crippen molar-refractivity contribution in [2.75, 3.05) is 5.73 Å². The first kappa shape index (κ1) is 15.5. The quantitative estimate of drug-likeness (QED) is 0.325. The van der Waals surface area contributed by atoms with Gasteiger partial charge in [-0.15, -0.1) is 0 Å². The molecule has 3 rings (SSSR count). The van der Waals surface area contributed by atoms with Crippen LogP contribution in [-0.2, 0) is 3.55 Å². The van der Waals surface area contributed by atoms with E-state index in [9.17, 15) is 18.4 Å². The smallest absolute Gasteiger partial charge is 0.341 e. The maximum atomic E-state index is 13.9. The molecule has 1 heterocycles. The van der Waals surface area contributed by atoms with Gasteiger partial charge < -0.3 is 15.4 Å². The van der Waals surface area contributed by atoms with Gasteiger partial charge in [-0.25, -0.2) is 13.6 Å². The lowest BCUT2D eigenvalue weighted by Crippen LogP contribution is -2.23. The summed E-state index contributed by atoms with van der Waals surface area (Å²) in [5.74, 6) is -4.29. The molecule has 0 amide bonds. The SMILES string of the molecule is Nc1c(F)c(F)c(Cl)c2c1c(=O)c(C(=O)O)cn2C1(I)CC1. The van der Waals surface area contributed by atoms with Gasteiger partial charge in [-0.3, -0.25) is 4.79 Å². The maximum Gasteiger partial charge on any atom is 0.341 e. The molecule has 9 heteroatoms. The topological polar surface area (TPSA) is 85.3 Å². The Morgan fingerprint density at radius 1 is 1.41 bits per heavy atom. The summed E-state index contributed by atoms with van der Waals surface area (Å²) in [5.41, 5.74) is 3.13. The molecule has 1 aromatic carbocycles. The molecule has 0 radical (unpaired) electrons. The Morgan fingerprint density at radius 3 is 2.50 bits per heavy atom. The Hall–Kier alpha value is -1.42. The molecule has 0 unspecified atom stereocenters. The van der Waals surface area contributed by atoms with Gasteiger partial charge in [0.05, 0.1) is 20.1 Å². The van der Waals surface area contributed by atoms with Crippen LogP contribution in [0.15, 0.2) is 11.0 Å². The maximum absolute atomic E-state index is 13.9. The number of hydrogen-bond donors (Lipinski definition) is 2. The van der Waals surface area contributed by atoms with E-state index in [0.717, 1.165) is 6.20 Å². The van der Waals surface area contributed by atoms with Crippen LogP contribution in [-0.4, -0.2) is 15.6 Å². The van der Waals surface area contributed by atoms with Crippen LogP contribution in [0.4, 0.5) is 14.5 Å². The van der Waals surface area contributed by atoms with Gasteiger partial charge in [0, 0.05) is 6.20 Å². The number of fused-ring (bicyclic) bond motifs is 1. The zero-order valence-electron chi connectivity index (χ0n) is 10.8. The summed E-state index contributed by atoms with van der Waals surface area (Å²) in [7, 11) is 0. The van der Waals surface area contributed by atoms with Gasteiger partial charge in [-0.1, -0.05) is 34.2 Å². The number of rotatable bonds is 2. The molecule has 1 aliphatic carbocycles. The van der Waals surface area contributed by atoms with E-state index in [0.29, 0.717) is 12.8 Å². The van der Waals surface area contributed by atoms with E-state index in [2.05, 4.69) is 22.6 Å². The molecule has 116 valence electrons. The lowest BCUT2D eigenvalue weighted by atomic mass is 10.1. The average Bonchev–Trinajstić information content (AvgIpc) is 3.20. The standard InChI is InChI=1S/C13H8ClF2IN2O3/c14-6-7(15)8(16)9(18)5-10(6)19(13(17)1-2-13)3-4(11(5)20)12(21)22/h3H,1-2,18H2,(H,21,22). The first-order valence-electron chi connectivity index (χ1n) is 6.13. The van der Waals surface area contributed by atoms with E-state index < -0.39 is 48.2 Å². The lowest BCUT2D eigenvalue weighted by molar-refractivity contribution is 0.0695. The summed E-state index contributed by atoms with van der Waals surface area (Å²) in [5, 5.41) is 8.17. The molecule has 0 aliphatic heterocycles. The first-order valence-corrected chi connectivity index (χ1v) is 7.58. The van der Waals surface area contributed by atoms with Crippen LogP contribution in [0.2, 0.25) is 5.02 Å². The number of pyridine rings is 1. The summed E-state index contributed by atoms with van der Waals surface area (Å²) < 4.78 is 28.5. The monoisotopic (exact) mass is 440 g/mol. The van der Waals surface area contributed by atoms with Crippen LogP contribution in [0, 0.1) is 11.6 Å². The van der Waals surface area contributed by atoms with Gasteiger partial charge in [0.15, 0.2) is 11.6 Å². The first-order chi connectivity index (χ1) is 10.2. The van der Waals surface area contributed by atoms with Crippen molar-refractivity contribution in [1.29, 1.82) is 0 Å². The van der Waals surface area contributed by atoms with E-state index >= 15 is 0 Å². The Labute approximate surface area is 140 Å². The molecule has 3 N–H and O–H groups in total. The van der Waals surface area contributed by atoms with E-state index in [1.165, 1.54) is 4.57 Å². The molecule has 2 aromatic rings. The van der Waals surface area contributed by atoms with Crippen molar-refractivity contribution in [3.05, 3.63) is 38.6 Å². The van der Waals surface area contributed by atoms with Gasteiger partial charge in [-0.05, 0) is 12.8 Å². The van der Waals surface area contributed by atoms with E-state index in [-0.39, 0.29) is 5.52 Å². The number of carboxylic acids is 1. The number of carboxylic acid groups (broad SMARTS) is 1. The van der Waals surface area contributed by atoms with Crippen LogP contribution in [0.5, 0.6) is 0 Å². The Kier molecular flexibility index (Phi) is 3.37. The summed E-state index contributed by atoms with van der Waals surface area (Å²) in [6.45, 7) is 0. The second-order valence-electron chi connectivity index (χ2n) is 5.04. The Morgan fingerprint density at radius 2 is 2.00 bits per heavy atom. The number of halogens is 4. The number of benzene rings is 1. The molecule has 1 saturated carbocycles. The molecular weight excluding hydrogens is 433 g/mol. The molecule has 22 heavy (non-hydrogen) atoms. The summed E-state index contributed by atoms with van der Waals surface area (Å²) in [6, 6.07) is 0. The molecule has 0 atom stereocenters. The van der Waals surface area contributed by atoms with Crippen molar-refractivity contribution < 1.29 is 18.7 Å². The molecule has 0 saturated heterocycles. The number of aromatic carboxylic acids is 1. The second-order valence-corrected chi connectivity index (χ2v) is 7.43. The van der Waals surface area contributed by atoms with Gasteiger partial charge in [-0.2, -0.15) is 0 Å². The van der Waals surface area contributed by atoms with Crippen molar-refractivity contribution in [2.24, 2.45) is 0 Å². The van der Waals surface area contributed by atoms with E-state index in [4.69, 9.17) is 22.4 Å². The fourth-order valence-corrected chi connectivity index (χ4v) is 3.24. The second kappa shape index (κ2) is 4.79. The largest absolute Gasteiger partial charge is 0.477 e. The van der Waals surface area contributed by atoms with Crippen LogP contribution >= 0.6 is 34.2 Å². The number of aromatic nitrogens is 1. The Bertz CT molecular complexity index is 909. The van der Waals surface area contributed by atoms with Crippen molar-refractivity contribution in [3.8, 4) is 0 Å². The van der Waals surface area contributed by atoms with Crippen molar-refractivity contribution in [3.63, 3.8) is 0 Å². The van der Waals surface area contributed by atoms with Crippen LogP contribution in [0.25, 0.3) is 10.9 Å². The van der Waals surface area contributed by atoms with Crippen LogP contribution in [0.1, 0.15) is 23.2 Å². The minimum atomic E-state index is -1.47. The zero-order valence-corrected chi connectivity index (χ0v) is 13.7. The third-order valence-corrected chi connectivity index (χ3v) is 5.57. The Balaban J connectivity index is 2.62. The summed E-state index contributed by atoms with van der Waals surface area (Å²) in [4.78, 5) is 23.5. The van der Waals surface area contributed by atoms with Gasteiger partial charge in [0.2, 0.25) is 5.43 Å². The summed E-state index contributed by atoms with van der Waals surface area (Å²) in [6.07, 6.45) is 2.47. The molecule has 0 spiro atoms. The van der Waals surface area contributed by atoms with Gasteiger partial charge >= 0.3 is 5.97 Å². The highest BCUT2D eigenvalue weighted by atomic mass is 127. The average molecular weight is 441 g/mol. The number of carbonyl (C=O) groups is 1. The third-order valence-electron chi connectivity index (χ3n) is 3.63. The lowest BCUT2D eigenvalue weighted by Gasteiger charge is -2.19. The molecule has 5 nitrogen and oxygen atoms in total. The molecule has 0 bridgehead atoms. The number of alkyl halides is 1. The number of nitrogen functional groups attached to an aromatic ring is 1. The van der Waals surface area contributed by atoms with Gasteiger partial charge in [0.25, 0.3) is 0 Å². The highest BCUT2D eigenvalue weighted by Crippen LogP contribution is 2.52. The highest BCUT2D eigenvalue weighted by molar-refractivity contribution is 14.1. The number of anilines is 1. The third kappa shape index (κ3) is 2.00. The predicted octanol–water partition coefficient (Wildman–Crippen LogP) is 3.10. The molecule has 1 fully saturated rings. The normalized spacial score (nSPS) is 16.0. The fourth-order valence-electron chi connectivity index (χ4n) is 2.32. The zero-order chi connectivity index (χ0) is 16.4. The van der Waals surface area contributed by atoms with Crippen LogP contribution < -0.4 is 11.2 Å². The minimum Gasteiger partial charge on any atom is -0.477 e. The van der Waals surface area contributed by atoms with Gasteiger partial charge in [0.1, 0.15) is 10.6 Å². The number of nitrogens with zero attached hydrogens (tertiary/aromatic N) is 1. The highest BCUT2D eigenvalue weighted by Gasteiger charge is 2.43. The molecule has 1 aliphatic rings. The molecular formula is C13H8ClF2IN2O3.